The molecule has 6 rings (SSSR count). The van der Waals surface area contributed by atoms with Crippen molar-refractivity contribution in [1.82, 2.24) is 33.8 Å². The molecule has 5 aromatic rings. The lowest BCUT2D eigenvalue weighted by molar-refractivity contribution is 0.0738. The topological polar surface area (TPSA) is 109 Å². The number of anilines is 3. The number of rotatable bonds is 7. The number of aromatic nitrogens is 6. The molecule has 1 aliphatic rings. The summed E-state index contributed by atoms with van der Waals surface area (Å²) in [6, 6.07) is 12.2. The summed E-state index contributed by atoms with van der Waals surface area (Å²) >= 11 is 0. The van der Waals surface area contributed by atoms with Crippen molar-refractivity contribution in [2.45, 2.75) is 39.0 Å². The normalized spacial score (nSPS) is 16.4. The van der Waals surface area contributed by atoms with Crippen molar-refractivity contribution in [2.75, 3.05) is 36.9 Å². The van der Waals surface area contributed by atoms with Gasteiger partial charge in [-0.05, 0) is 58.2 Å². The molecular weight excluding hydrogens is 530 g/mol. The first-order chi connectivity index (χ1) is 20.0. The number of aryl methyl sites for hydroxylation is 1. The number of allylic oxidation sites excluding steroid dienone is 1. The summed E-state index contributed by atoms with van der Waals surface area (Å²) in [6.45, 7) is 12.6. The van der Waals surface area contributed by atoms with Crippen LogP contribution in [0.3, 0.4) is 0 Å². The fraction of sp³-hybridized carbons (Fsp3) is 0.355. The highest BCUT2D eigenvalue weighted by Crippen LogP contribution is 2.34. The predicted octanol–water partition coefficient (Wildman–Crippen LogP) is 3.77. The van der Waals surface area contributed by atoms with Gasteiger partial charge in [0, 0.05) is 61.9 Å². The second-order valence-electron chi connectivity index (χ2n) is 11.6. The van der Waals surface area contributed by atoms with Crippen molar-refractivity contribution in [3.63, 3.8) is 0 Å². The quantitative estimate of drug-likeness (QED) is 0.286. The molecule has 11 nitrogen and oxygen atoms in total. The van der Waals surface area contributed by atoms with Crippen molar-refractivity contribution >= 4 is 39.3 Å². The summed E-state index contributed by atoms with van der Waals surface area (Å²) in [5.74, 6) is 0.821. The minimum absolute atomic E-state index is 0.247. The van der Waals surface area contributed by atoms with Crippen LogP contribution in [0.2, 0.25) is 0 Å². The summed E-state index contributed by atoms with van der Waals surface area (Å²) in [5.41, 5.74) is 2.61. The molecular formula is C31H37N9O2. The van der Waals surface area contributed by atoms with E-state index in [2.05, 4.69) is 74.6 Å². The molecule has 1 aromatic carbocycles. The molecule has 0 saturated carbocycles. The Bertz CT molecular complexity index is 1860. The van der Waals surface area contributed by atoms with E-state index in [1.807, 2.05) is 7.05 Å². The fourth-order valence-corrected chi connectivity index (χ4v) is 5.57. The molecule has 4 aromatic heterocycles. The molecule has 0 unspecified atom stereocenters. The van der Waals surface area contributed by atoms with Crippen LogP contribution in [-0.4, -0.2) is 71.6 Å². The molecule has 218 valence electrons. The number of nitrogens with zero attached hydrogens (tertiary/aromatic N) is 8. The lowest BCUT2D eigenvalue weighted by atomic mass is 10.1. The van der Waals surface area contributed by atoms with Crippen molar-refractivity contribution in [3.05, 3.63) is 77.5 Å². The maximum absolute atomic E-state index is 13.4. The molecule has 0 aliphatic carbocycles. The van der Waals surface area contributed by atoms with Gasteiger partial charge in [-0.25, -0.2) is 19.3 Å². The highest BCUT2D eigenvalue weighted by atomic mass is 16.3. The Kier molecular flexibility index (Phi) is 6.86. The highest BCUT2D eigenvalue weighted by molar-refractivity contribution is 5.96. The number of piperazine rings is 1. The summed E-state index contributed by atoms with van der Waals surface area (Å²) in [7, 11) is 4.21. The van der Waals surface area contributed by atoms with Crippen LogP contribution in [0.15, 0.2) is 66.2 Å². The van der Waals surface area contributed by atoms with Gasteiger partial charge in [0.1, 0.15) is 11.0 Å². The number of fused-ring (bicyclic) bond motifs is 2. The van der Waals surface area contributed by atoms with Crippen LogP contribution in [0.25, 0.3) is 27.8 Å². The molecule has 1 aliphatic heterocycles. The van der Waals surface area contributed by atoms with Gasteiger partial charge in [-0.1, -0.05) is 12.1 Å². The van der Waals surface area contributed by atoms with Gasteiger partial charge in [0.25, 0.3) is 5.56 Å². The van der Waals surface area contributed by atoms with Gasteiger partial charge in [-0.2, -0.15) is 4.98 Å². The minimum atomic E-state index is -1.15. The first kappa shape index (κ1) is 27.7. The van der Waals surface area contributed by atoms with Crippen LogP contribution < -0.4 is 15.8 Å². The number of likely N-dealkylation sites (N-methyl/N-ethyl adjacent to an activating group) is 1. The van der Waals surface area contributed by atoms with Gasteiger partial charge < -0.3 is 24.8 Å². The van der Waals surface area contributed by atoms with Crippen LogP contribution in [-0.2, 0) is 19.2 Å². The Morgan fingerprint density at radius 1 is 1.14 bits per heavy atom. The lowest BCUT2D eigenvalue weighted by Gasteiger charge is -2.39. The molecule has 1 atom stereocenters. The maximum Gasteiger partial charge on any atom is 0.278 e. The zero-order valence-electron chi connectivity index (χ0n) is 24.7. The van der Waals surface area contributed by atoms with Crippen LogP contribution in [0.1, 0.15) is 26.5 Å². The highest BCUT2D eigenvalue weighted by Gasteiger charge is 2.24. The fourth-order valence-electron chi connectivity index (χ4n) is 5.57. The third kappa shape index (κ3) is 4.84. The Morgan fingerprint density at radius 3 is 2.69 bits per heavy atom. The molecule has 2 N–H and O–H groups in total. The van der Waals surface area contributed by atoms with Crippen molar-refractivity contribution in [2.24, 2.45) is 7.05 Å². The molecule has 0 radical (unpaired) electrons. The van der Waals surface area contributed by atoms with Gasteiger partial charge >= 0.3 is 0 Å². The first-order valence-corrected chi connectivity index (χ1v) is 14.2. The predicted molar refractivity (Wildman–Crippen MR) is 167 cm³/mol. The average Bonchev–Trinajstić information content (AvgIpc) is 3.46. The SMILES string of the molecule is C=CCn1c(=O)c2cnc(Nc3cc(N4CCN(C)[C@H](C)C4)c4ccn(C)c4c3)nc2n1-c1cccc(C(C)(C)O)n1. The van der Waals surface area contributed by atoms with Crippen LogP contribution in [0.4, 0.5) is 17.3 Å². The standard InChI is InChI=1S/C31H37N9O2/c1-7-12-39-29(41)23-18-32-30(35-28(23)40(39)27-10-8-9-26(34-27)31(3,4)42)33-21-16-24-22(11-13-37(24)6)25(17-21)38-15-14-36(5)20(2)19-38/h7-11,13,16-18,20,42H,1,12,14-15,19H2,2-6H3,(H,32,33,35)/t20-/m1/s1. The maximum atomic E-state index is 13.4. The molecule has 0 spiro atoms. The third-order valence-corrected chi connectivity index (χ3v) is 8.09. The van der Waals surface area contributed by atoms with Crippen LogP contribution in [0, 0.1) is 0 Å². The van der Waals surface area contributed by atoms with Crippen molar-refractivity contribution < 1.29 is 5.11 Å². The van der Waals surface area contributed by atoms with Crippen LogP contribution in [0.5, 0.6) is 0 Å². The van der Waals surface area contributed by atoms with E-state index < -0.39 is 5.60 Å². The summed E-state index contributed by atoms with van der Waals surface area (Å²) < 4.78 is 5.30. The molecule has 5 heterocycles. The van der Waals surface area contributed by atoms with E-state index >= 15 is 0 Å². The number of nitrogens with one attached hydrogen (secondary N) is 1. The Morgan fingerprint density at radius 2 is 1.95 bits per heavy atom. The number of pyridine rings is 1. The molecule has 1 saturated heterocycles. The molecule has 11 heteroatoms. The molecule has 0 amide bonds. The van der Waals surface area contributed by atoms with E-state index in [4.69, 9.17) is 4.98 Å². The van der Waals surface area contributed by atoms with E-state index in [1.54, 1.807) is 49.0 Å². The number of aliphatic hydroxyl groups is 1. The minimum Gasteiger partial charge on any atom is -0.384 e. The smallest absolute Gasteiger partial charge is 0.278 e. The van der Waals surface area contributed by atoms with Crippen molar-refractivity contribution in [1.29, 1.82) is 0 Å². The van der Waals surface area contributed by atoms with Gasteiger partial charge in [-0.3, -0.25) is 4.79 Å². The van der Waals surface area contributed by atoms with Gasteiger partial charge in [-0.15, -0.1) is 6.58 Å². The largest absolute Gasteiger partial charge is 0.384 e. The van der Waals surface area contributed by atoms with Gasteiger partial charge in [0.2, 0.25) is 5.95 Å². The molecule has 42 heavy (non-hydrogen) atoms. The molecule has 0 bridgehead atoms. The van der Waals surface area contributed by atoms with E-state index in [1.165, 1.54) is 15.8 Å². The Labute approximate surface area is 244 Å². The summed E-state index contributed by atoms with van der Waals surface area (Å²) in [6.07, 6.45) is 5.28. The van der Waals surface area contributed by atoms with Crippen molar-refractivity contribution in [3.8, 4) is 5.82 Å². The zero-order valence-corrected chi connectivity index (χ0v) is 24.7. The average molecular weight is 568 g/mol. The lowest BCUT2D eigenvalue weighted by Crippen LogP contribution is -2.50. The second kappa shape index (κ2) is 10.4. The van der Waals surface area contributed by atoms with E-state index in [9.17, 15) is 9.90 Å². The Balaban J connectivity index is 1.45. The van der Waals surface area contributed by atoms with E-state index in [0.717, 1.165) is 30.8 Å². The second-order valence-corrected chi connectivity index (χ2v) is 11.6. The monoisotopic (exact) mass is 567 g/mol. The third-order valence-electron chi connectivity index (χ3n) is 8.09. The first-order valence-electron chi connectivity index (χ1n) is 14.2. The summed E-state index contributed by atoms with van der Waals surface area (Å²) in [5, 5.41) is 15.5. The number of hydrogen-bond donors (Lipinski definition) is 2. The number of hydrogen-bond acceptors (Lipinski definition) is 8. The molecule has 1 fully saturated rings. The van der Waals surface area contributed by atoms with E-state index in [-0.39, 0.29) is 12.1 Å². The van der Waals surface area contributed by atoms with Gasteiger partial charge in [0.05, 0.1) is 17.8 Å². The summed E-state index contributed by atoms with van der Waals surface area (Å²) in [4.78, 5) is 32.2. The van der Waals surface area contributed by atoms with Gasteiger partial charge in [0.15, 0.2) is 11.5 Å². The Hall–Kier alpha value is -4.48. The van der Waals surface area contributed by atoms with E-state index in [0.29, 0.717) is 34.5 Å². The van der Waals surface area contributed by atoms with Crippen LogP contribution >= 0.6 is 0 Å². The zero-order chi connectivity index (χ0) is 29.8. The number of benzene rings is 1.